The summed E-state index contributed by atoms with van der Waals surface area (Å²) in [5, 5.41) is 4.70. The van der Waals surface area contributed by atoms with Gasteiger partial charge in [-0.05, 0) is 50.8 Å². The number of hydrogen-bond donors (Lipinski definition) is 1. The first-order valence-electron chi connectivity index (χ1n) is 8.90. The summed E-state index contributed by atoms with van der Waals surface area (Å²) in [7, 11) is 0. The molecule has 0 spiro atoms. The summed E-state index contributed by atoms with van der Waals surface area (Å²) < 4.78 is 5.36. The van der Waals surface area contributed by atoms with Gasteiger partial charge in [-0.1, -0.05) is 12.0 Å². The van der Waals surface area contributed by atoms with E-state index in [0.29, 0.717) is 25.3 Å². The highest BCUT2D eigenvalue weighted by atomic mass is 16.6. The van der Waals surface area contributed by atoms with Gasteiger partial charge in [0.25, 0.3) is 0 Å². The van der Waals surface area contributed by atoms with E-state index in [1.807, 2.05) is 39.0 Å². The third-order valence-corrected chi connectivity index (χ3v) is 4.35. The summed E-state index contributed by atoms with van der Waals surface area (Å²) in [6.07, 6.45) is 7.35. The number of nitrogens with zero attached hydrogens (tertiary/aromatic N) is 2. The number of amides is 2. The van der Waals surface area contributed by atoms with Crippen molar-refractivity contribution in [3.8, 4) is 12.3 Å². The van der Waals surface area contributed by atoms with Gasteiger partial charge in [0.05, 0.1) is 5.92 Å². The van der Waals surface area contributed by atoms with Crippen LogP contribution in [0.5, 0.6) is 0 Å². The largest absolute Gasteiger partial charge is 0.444 e. The third kappa shape index (κ3) is 4.56. The van der Waals surface area contributed by atoms with E-state index >= 15 is 0 Å². The number of fused-ring (bicyclic) bond motifs is 1. The van der Waals surface area contributed by atoms with E-state index in [1.165, 1.54) is 0 Å². The van der Waals surface area contributed by atoms with Crippen LogP contribution in [-0.4, -0.2) is 40.6 Å². The van der Waals surface area contributed by atoms with E-state index in [4.69, 9.17) is 11.2 Å². The smallest absolute Gasteiger partial charge is 0.410 e. The zero-order valence-corrected chi connectivity index (χ0v) is 15.8. The van der Waals surface area contributed by atoms with Crippen molar-refractivity contribution in [1.82, 2.24) is 9.88 Å². The van der Waals surface area contributed by atoms with Crippen molar-refractivity contribution in [2.75, 3.05) is 18.4 Å². The molecule has 1 aliphatic rings. The van der Waals surface area contributed by atoms with Crippen LogP contribution < -0.4 is 5.32 Å². The summed E-state index contributed by atoms with van der Waals surface area (Å²) >= 11 is 0. The monoisotopic (exact) mass is 365 g/mol. The lowest BCUT2D eigenvalue weighted by molar-refractivity contribution is -0.119. The number of pyridine rings is 1. The van der Waals surface area contributed by atoms with E-state index in [9.17, 15) is 9.59 Å². The Morgan fingerprint density at radius 1 is 1.30 bits per heavy atom. The minimum atomic E-state index is -0.552. The summed E-state index contributed by atoms with van der Waals surface area (Å²) in [5.74, 6) is 2.63. The molecule has 2 heterocycles. The first kappa shape index (κ1) is 18.7. The van der Waals surface area contributed by atoms with Crippen LogP contribution in [0.25, 0.3) is 10.8 Å². The molecule has 6 nitrogen and oxygen atoms in total. The van der Waals surface area contributed by atoms with Crippen molar-refractivity contribution in [3.05, 3.63) is 36.0 Å². The first-order valence-corrected chi connectivity index (χ1v) is 8.90. The molecule has 1 aromatic carbocycles. The Balaban J connectivity index is 1.65. The van der Waals surface area contributed by atoms with Crippen LogP contribution in [-0.2, 0) is 9.53 Å². The quantitative estimate of drug-likeness (QED) is 0.828. The molecular weight excluding hydrogens is 342 g/mol. The fourth-order valence-electron chi connectivity index (χ4n) is 2.99. The summed E-state index contributed by atoms with van der Waals surface area (Å²) in [4.78, 5) is 30.6. The van der Waals surface area contributed by atoms with Gasteiger partial charge in [-0.15, -0.1) is 6.42 Å². The van der Waals surface area contributed by atoms with Gasteiger partial charge < -0.3 is 15.0 Å². The number of ether oxygens (including phenoxy) is 1. The highest BCUT2D eigenvalue weighted by Crippen LogP contribution is 2.22. The van der Waals surface area contributed by atoms with Crippen LogP contribution in [0.2, 0.25) is 0 Å². The fraction of sp³-hybridized carbons (Fsp3) is 0.381. The topological polar surface area (TPSA) is 71.5 Å². The maximum absolute atomic E-state index is 12.6. The number of benzene rings is 1. The molecule has 6 heteroatoms. The van der Waals surface area contributed by atoms with E-state index < -0.39 is 5.60 Å². The van der Waals surface area contributed by atoms with Crippen LogP contribution in [0.15, 0.2) is 30.5 Å². The van der Waals surface area contributed by atoms with Crippen LogP contribution in [0.1, 0.15) is 32.8 Å². The van der Waals surface area contributed by atoms with Gasteiger partial charge in [0.15, 0.2) is 0 Å². The lowest BCUT2D eigenvalue weighted by atomic mass is 10.1. The number of hydrogen-bond acceptors (Lipinski definition) is 4. The van der Waals surface area contributed by atoms with Gasteiger partial charge in [-0.25, -0.2) is 9.78 Å². The zero-order chi connectivity index (χ0) is 19.6. The fourth-order valence-corrected chi connectivity index (χ4v) is 2.99. The van der Waals surface area contributed by atoms with Crippen LogP contribution >= 0.6 is 0 Å². The molecule has 1 aliphatic heterocycles. The second-order valence-electron chi connectivity index (χ2n) is 7.68. The number of nitrogens with one attached hydrogen (secondary N) is 1. The van der Waals surface area contributed by atoms with Gasteiger partial charge >= 0.3 is 6.09 Å². The van der Waals surface area contributed by atoms with Crippen LogP contribution in [0.4, 0.5) is 10.6 Å². The molecule has 3 rings (SSSR count). The molecule has 2 amide bonds. The van der Waals surface area contributed by atoms with Gasteiger partial charge in [0.1, 0.15) is 11.4 Å². The van der Waals surface area contributed by atoms with Crippen molar-refractivity contribution < 1.29 is 14.3 Å². The highest BCUT2D eigenvalue weighted by molar-refractivity contribution is 5.95. The van der Waals surface area contributed by atoms with E-state index in [0.717, 1.165) is 16.3 Å². The minimum absolute atomic E-state index is 0.152. The van der Waals surface area contributed by atoms with E-state index in [2.05, 4.69) is 16.2 Å². The Morgan fingerprint density at radius 2 is 2.07 bits per heavy atom. The molecule has 140 valence electrons. The predicted octanol–water partition coefficient (Wildman–Crippen LogP) is 3.41. The van der Waals surface area contributed by atoms with E-state index in [1.54, 1.807) is 17.2 Å². The van der Waals surface area contributed by atoms with Crippen molar-refractivity contribution in [2.45, 2.75) is 32.8 Å². The Morgan fingerprint density at radius 3 is 2.78 bits per heavy atom. The molecule has 1 fully saturated rings. The molecule has 27 heavy (non-hydrogen) atoms. The van der Waals surface area contributed by atoms with Gasteiger partial charge in [0, 0.05) is 30.2 Å². The molecule has 1 aromatic heterocycles. The second kappa shape index (κ2) is 7.28. The Labute approximate surface area is 158 Å². The van der Waals surface area contributed by atoms with Gasteiger partial charge in [-0.3, -0.25) is 4.79 Å². The zero-order valence-electron chi connectivity index (χ0n) is 15.8. The molecule has 1 N–H and O–H groups in total. The Bertz CT molecular complexity index is 924. The lowest BCUT2D eigenvalue weighted by Gasteiger charge is -2.24. The molecular formula is C21H23N3O3. The summed E-state index contributed by atoms with van der Waals surface area (Å²) in [6.45, 7) is 6.31. The van der Waals surface area contributed by atoms with Crippen molar-refractivity contribution in [1.29, 1.82) is 0 Å². The van der Waals surface area contributed by atoms with Crippen LogP contribution in [0, 0.1) is 18.3 Å². The molecule has 2 aromatic rings. The SMILES string of the molecule is C#Cc1ccc2cnc(NC(=O)C3CCN(C(=O)OC(C)(C)C)C3)cc2c1. The number of carbonyl (C=O) groups excluding carboxylic acids is 2. The maximum Gasteiger partial charge on any atom is 0.410 e. The lowest BCUT2D eigenvalue weighted by Crippen LogP contribution is -2.36. The molecule has 0 bridgehead atoms. The summed E-state index contributed by atoms with van der Waals surface area (Å²) in [5.41, 5.74) is 0.221. The van der Waals surface area contributed by atoms with Crippen molar-refractivity contribution in [3.63, 3.8) is 0 Å². The molecule has 0 saturated carbocycles. The average Bonchev–Trinajstić information content (AvgIpc) is 3.10. The predicted molar refractivity (Wildman–Crippen MR) is 104 cm³/mol. The average molecular weight is 365 g/mol. The second-order valence-corrected chi connectivity index (χ2v) is 7.68. The molecule has 1 unspecified atom stereocenters. The molecule has 0 radical (unpaired) electrons. The Kier molecular flexibility index (Phi) is 5.04. The van der Waals surface area contributed by atoms with Crippen LogP contribution in [0.3, 0.4) is 0 Å². The molecule has 1 atom stereocenters. The normalized spacial score (nSPS) is 16.8. The van der Waals surface area contributed by atoms with Gasteiger partial charge in [0.2, 0.25) is 5.91 Å². The first-order chi connectivity index (χ1) is 12.7. The molecule has 0 aliphatic carbocycles. The number of aromatic nitrogens is 1. The highest BCUT2D eigenvalue weighted by Gasteiger charge is 2.33. The number of rotatable bonds is 2. The standard InChI is InChI=1S/C21H23N3O3/c1-5-14-6-7-15-12-22-18(11-17(15)10-14)23-19(25)16-8-9-24(13-16)20(26)27-21(2,3)4/h1,6-7,10-12,16H,8-9,13H2,2-4H3,(H,22,23,25). The Hall–Kier alpha value is -3.07. The van der Waals surface area contributed by atoms with Crippen molar-refractivity contribution in [2.24, 2.45) is 5.92 Å². The number of terminal acetylenes is 1. The minimum Gasteiger partial charge on any atom is -0.444 e. The summed E-state index contributed by atoms with van der Waals surface area (Å²) in [6, 6.07) is 7.44. The molecule has 1 saturated heterocycles. The van der Waals surface area contributed by atoms with E-state index in [-0.39, 0.29) is 17.9 Å². The number of likely N-dealkylation sites (tertiary alicyclic amines) is 1. The third-order valence-electron chi connectivity index (χ3n) is 4.35. The van der Waals surface area contributed by atoms with Gasteiger partial charge in [-0.2, -0.15) is 0 Å². The van der Waals surface area contributed by atoms with Crippen molar-refractivity contribution >= 4 is 28.6 Å². The number of carbonyl (C=O) groups is 2. The maximum atomic E-state index is 12.6. The number of anilines is 1.